The second kappa shape index (κ2) is 6.18. The predicted molar refractivity (Wildman–Crippen MR) is 74.0 cm³/mol. The van der Waals surface area contributed by atoms with Crippen LogP contribution in [-0.4, -0.2) is 29.7 Å². The molecule has 0 spiro atoms. The fourth-order valence-electron chi connectivity index (χ4n) is 2.59. The van der Waals surface area contributed by atoms with Crippen LogP contribution in [0, 0.1) is 29.5 Å². The Morgan fingerprint density at radius 3 is 2.58 bits per heavy atom. The first-order chi connectivity index (χ1) is 9.08. The van der Waals surface area contributed by atoms with Crippen molar-refractivity contribution >= 4 is 0 Å². The van der Waals surface area contributed by atoms with Crippen LogP contribution in [0.4, 0.5) is 4.39 Å². The van der Waals surface area contributed by atoms with Crippen LogP contribution in [0.3, 0.4) is 0 Å². The van der Waals surface area contributed by atoms with Crippen molar-refractivity contribution in [3.8, 4) is 11.8 Å². The summed E-state index contributed by atoms with van der Waals surface area (Å²) in [6.45, 7) is 7.21. The minimum Gasteiger partial charge on any atom is -0.384 e. The molecule has 1 N–H and O–H groups in total. The quantitative estimate of drug-likeness (QED) is 0.825. The molecule has 1 fully saturated rings. The third-order valence-corrected chi connectivity index (χ3v) is 3.74. The van der Waals surface area contributed by atoms with E-state index in [1.54, 1.807) is 6.07 Å². The molecule has 0 radical (unpaired) electrons. The first kappa shape index (κ1) is 14.0. The van der Waals surface area contributed by atoms with E-state index in [1.807, 2.05) is 6.07 Å². The molecule has 1 aromatic carbocycles. The zero-order valence-electron chi connectivity index (χ0n) is 11.5. The average molecular weight is 261 g/mol. The number of aliphatic hydroxyl groups excluding tert-OH is 1. The van der Waals surface area contributed by atoms with Crippen molar-refractivity contribution in [1.82, 2.24) is 4.90 Å². The Bertz CT molecular complexity index is 493. The second-order valence-electron chi connectivity index (χ2n) is 5.46. The first-order valence-corrected chi connectivity index (χ1v) is 6.70. The highest BCUT2D eigenvalue weighted by atomic mass is 19.1. The van der Waals surface area contributed by atoms with E-state index in [1.165, 1.54) is 6.07 Å². The van der Waals surface area contributed by atoms with Crippen molar-refractivity contribution in [2.75, 3.05) is 19.7 Å². The summed E-state index contributed by atoms with van der Waals surface area (Å²) in [7, 11) is 0. The fourth-order valence-corrected chi connectivity index (χ4v) is 2.59. The minimum atomic E-state index is -0.264. The van der Waals surface area contributed by atoms with Gasteiger partial charge in [0.1, 0.15) is 12.4 Å². The van der Waals surface area contributed by atoms with Crippen LogP contribution < -0.4 is 0 Å². The summed E-state index contributed by atoms with van der Waals surface area (Å²) >= 11 is 0. The van der Waals surface area contributed by atoms with Crippen molar-refractivity contribution < 1.29 is 9.50 Å². The van der Waals surface area contributed by atoms with E-state index in [2.05, 4.69) is 30.6 Å². The number of nitrogens with zero attached hydrogens (tertiary/aromatic N) is 1. The lowest BCUT2D eigenvalue weighted by molar-refractivity contribution is 0.315. The average Bonchev–Trinajstić information content (AvgIpc) is 2.65. The van der Waals surface area contributed by atoms with Crippen molar-refractivity contribution in [2.45, 2.75) is 20.4 Å². The Morgan fingerprint density at radius 2 is 1.95 bits per heavy atom. The second-order valence-corrected chi connectivity index (χ2v) is 5.46. The Labute approximate surface area is 114 Å². The number of aliphatic hydroxyl groups is 1. The van der Waals surface area contributed by atoms with Gasteiger partial charge in [-0.1, -0.05) is 25.7 Å². The molecule has 1 aliphatic heterocycles. The molecule has 0 aliphatic carbocycles. The first-order valence-electron chi connectivity index (χ1n) is 6.70. The number of hydrogen-bond acceptors (Lipinski definition) is 2. The molecule has 2 unspecified atom stereocenters. The topological polar surface area (TPSA) is 23.5 Å². The van der Waals surface area contributed by atoms with Gasteiger partial charge in [-0.05, 0) is 35.6 Å². The number of rotatable bonds is 2. The van der Waals surface area contributed by atoms with Gasteiger partial charge in [0.05, 0.1) is 0 Å². The van der Waals surface area contributed by atoms with Gasteiger partial charge < -0.3 is 5.11 Å². The lowest BCUT2D eigenvalue weighted by Gasteiger charge is -2.15. The standard InChI is InChI=1S/C16H20FNO/c1-12-9-18(10-13(12)2)11-15-6-14(4-3-5-19)7-16(17)8-15/h6-8,12-13,19H,5,9-11H2,1-2H3. The van der Waals surface area contributed by atoms with Crippen LogP contribution in [0.25, 0.3) is 0 Å². The third-order valence-electron chi connectivity index (χ3n) is 3.74. The van der Waals surface area contributed by atoms with Gasteiger partial charge in [-0.25, -0.2) is 4.39 Å². The molecule has 1 aromatic rings. The largest absolute Gasteiger partial charge is 0.384 e. The number of likely N-dealkylation sites (tertiary alicyclic amines) is 1. The highest BCUT2D eigenvalue weighted by Gasteiger charge is 2.25. The van der Waals surface area contributed by atoms with Gasteiger partial charge in [-0.3, -0.25) is 4.90 Å². The lowest BCUT2D eigenvalue weighted by atomic mass is 10.0. The van der Waals surface area contributed by atoms with E-state index in [9.17, 15) is 4.39 Å². The number of hydrogen-bond donors (Lipinski definition) is 1. The molecular formula is C16H20FNO. The maximum Gasteiger partial charge on any atom is 0.124 e. The van der Waals surface area contributed by atoms with E-state index < -0.39 is 0 Å². The molecule has 102 valence electrons. The molecule has 19 heavy (non-hydrogen) atoms. The summed E-state index contributed by atoms with van der Waals surface area (Å²) in [5, 5.41) is 8.68. The maximum atomic E-state index is 13.5. The smallest absolute Gasteiger partial charge is 0.124 e. The van der Waals surface area contributed by atoms with E-state index in [-0.39, 0.29) is 12.4 Å². The van der Waals surface area contributed by atoms with Gasteiger partial charge in [0.2, 0.25) is 0 Å². The zero-order chi connectivity index (χ0) is 13.8. The Morgan fingerprint density at radius 1 is 1.26 bits per heavy atom. The van der Waals surface area contributed by atoms with Gasteiger partial charge in [0.15, 0.2) is 0 Å². The monoisotopic (exact) mass is 261 g/mol. The summed E-state index contributed by atoms with van der Waals surface area (Å²) in [6.07, 6.45) is 0. The summed E-state index contributed by atoms with van der Waals surface area (Å²) < 4.78 is 13.5. The van der Waals surface area contributed by atoms with Gasteiger partial charge in [0.25, 0.3) is 0 Å². The maximum absolute atomic E-state index is 13.5. The van der Waals surface area contributed by atoms with Crippen molar-refractivity contribution in [2.24, 2.45) is 11.8 Å². The highest BCUT2D eigenvalue weighted by Crippen LogP contribution is 2.24. The van der Waals surface area contributed by atoms with E-state index in [0.29, 0.717) is 17.4 Å². The molecule has 2 atom stereocenters. The molecule has 2 nitrogen and oxygen atoms in total. The van der Waals surface area contributed by atoms with Gasteiger partial charge in [0, 0.05) is 25.2 Å². The zero-order valence-corrected chi connectivity index (χ0v) is 11.5. The van der Waals surface area contributed by atoms with Crippen LogP contribution in [0.15, 0.2) is 18.2 Å². The van der Waals surface area contributed by atoms with E-state index >= 15 is 0 Å². The highest BCUT2D eigenvalue weighted by molar-refractivity contribution is 5.37. The Kier molecular flexibility index (Phi) is 4.57. The van der Waals surface area contributed by atoms with Crippen LogP contribution in [0.1, 0.15) is 25.0 Å². The molecule has 0 amide bonds. The predicted octanol–water partition coefficient (Wildman–Crippen LogP) is 2.26. The van der Waals surface area contributed by atoms with E-state index in [4.69, 9.17) is 5.11 Å². The van der Waals surface area contributed by atoms with Crippen molar-refractivity contribution in [3.05, 3.63) is 35.1 Å². The normalized spacial score (nSPS) is 23.2. The molecule has 1 heterocycles. The summed E-state index contributed by atoms with van der Waals surface area (Å²) in [5.41, 5.74) is 1.58. The third kappa shape index (κ3) is 3.79. The SMILES string of the molecule is CC1CN(Cc2cc(F)cc(C#CCO)c2)CC1C. The Hall–Kier alpha value is -1.37. The van der Waals surface area contributed by atoms with Crippen LogP contribution in [0.2, 0.25) is 0 Å². The van der Waals surface area contributed by atoms with E-state index in [0.717, 1.165) is 25.2 Å². The number of benzene rings is 1. The van der Waals surface area contributed by atoms with Gasteiger partial charge in [-0.15, -0.1) is 0 Å². The Balaban J connectivity index is 2.10. The molecular weight excluding hydrogens is 241 g/mol. The van der Waals surface area contributed by atoms with Gasteiger partial charge in [-0.2, -0.15) is 0 Å². The summed E-state index contributed by atoms with van der Waals surface area (Å²) in [6, 6.07) is 4.87. The molecule has 0 aromatic heterocycles. The molecule has 0 bridgehead atoms. The van der Waals surface area contributed by atoms with Crippen LogP contribution in [-0.2, 0) is 6.54 Å². The van der Waals surface area contributed by atoms with Crippen molar-refractivity contribution in [1.29, 1.82) is 0 Å². The fraction of sp³-hybridized carbons (Fsp3) is 0.500. The lowest BCUT2D eigenvalue weighted by Crippen LogP contribution is -2.20. The summed E-state index contributed by atoms with van der Waals surface area (Å²) in [5.74, 6) is 6.44. The van der Waals surface area contributed by atoms with Crippen LogP contribution in [0.5, 0.6) is 0 Å². The minimum absolute atomic E-state index is 0.201. The molecule has 0 saturated carbocycles. The van der Waals surface area contributed by atoms with Crippen LogP contribution >= 0.6 is 0 Å². The molecule has 1 aliphatic rings. The molecule has 3 heteroatoms. The molecule has 1 saturated heterocycles. The van der Waals surface area contributed by atoms with Crippen molar-refractivity contribution in [3.63, 3.8) is 0 Å². The number of halogens is 1. The summed E-state index contributed by atoms with van der Waals surface area (Å²) in [4.78, 5) is 2.35. The van der Waals surface area contributed by atoms with Gasteiger partial charge >= 0.3 is 0 Å². The molecule has 2 rings (SSSR count).